The molecule has 0 radical (unpaired) electrons. The highest BCUT2D eigenvalue weighted by molar-refractivity contribution is 5.80. The smallest absolute Gasteiger partial charge is 0.314 e. The van der Waals surface area contributed by atoms with Crippen LogP contribution < -0.4 is 0 Å². The molecule has 12 bridgehead atoms. The first-order valence-electron chi connectivity index (χ1n) is 58.9. The Morgan fingerprint density at radius 2 is 0.577 bits per heavy atom. The molecular weight excluding hydrogens is 1800 g/mol. The van der Waals surface area contributed by atoms with Gasteiger partial charge in [-0.3, -0.25) is 38.4 Å². The van der Waals surface area contributed by atoms with Gasteiger partial charge in [-0.25, -0.2) is 0 Å². The maximum absolute atomic E-state index is 13.0. The summed E-state index contributed by atoms with van der Waals surface area (Å²) in [7, 11) is 4.71. The lowest BCUT2D eigenvalue weighted by atomic mass is 9.55. The second-order valence-electron chi connectivity index (χ2n) is 49.0. The minimum Gasteiger partial charge on any atom is -0.465 e. The lowest BCUT2D eigenvalue weighted by molar-refractivity contribution is -0.191. The largest absolute Gasteiger partial charge is 0.465 e. The van der Waals surface area contributed by atoms with Gasteiger partial charge >= 0.3 is 47.8 Å². The summed E-state index contributed by atoms with van der Waals surface area (Å²) in [6, 6.07) is 0. The molecule has 142 heavy (non-hydrogen) atoms. The van der Waals surface area contributed by atoms with Crippen LogP contribution in [0.15, 0.2) is 0 Å². The van der Waals surface area contributed by atoms with Crippen molar-refractivity contribution >= 4 is 47.8 Å². The average Bonchev–Trinajstić information content (AvgIpc) is 1.57. The van der Waals surface area contributed by atoms with Crippen molar-refractivity contribution in [3.63, 3.8) is 0 Å². The van der Waals surface area contributed by atoms with Crippen molar-refractivity contribution in [3.05, 3.63) is 0 Å². The van der Waals surface area contributed by atoms with Gasteiger partial charge in [0.2, 0.25) is 0 Å². The van der Waals surface area contributed by atoms with Gasteiger partial charge in [0.15, 0.2) is 27.2 Å². The minimum absolute atomic E-state index is 0.00685. The van der Waals surface area contributed by atoms with Crippen LogP contribution >= 0.6 is 0 Å². The van der Waals surface area contributed by atoms with Gasteiger partial charge in [-0.1, -0.05) is 162 Å². The minimum atomic E-state index is -0.296. The number of cyclic esters (lactones) is 4. The summed E-state index contributed by atoms with van der Waals surface area (Å²) in [4.78, 5) is 95.6. The van der Waals surface area contributed by atoms with E-state index < -0.39 is 0 Å². The molecule has 43 atom stereocenters. The maximum atomic E-state index is 13.0. The molecule has 24 fully saturated rings. The molecule has 24 aliphatic rings. The van der Waals surface area contributed by atoms with Crippen molar-refractivity contribution in [2.45, 2.75) is 390 Å². The van der Waals surface area contributed by atoms with E-state index in [1.807, 2.05) is 0 Å². The number of methoxy groups -OCH3 is 3. The van der Waals surface area contributed by atoms with E-state index in [-0.39, 0.29) is 171 Å². The third-order valence-electron chi connectivity index (χ3n) is 43.4. The lowest BCUT2D eigenvalue weighted by Gasteiger charge is -2.53. The van der Waals surface area contributed by atoms with Crippen LogP contribution in [0.2, 0.25) is 0 Å². The standard InChI is InChI=1S/C26H40O3.3C17H28O3.C11H18O3.3C10H16O3/c1-3-16-10-17(4-2)24-21-11-18(23(16)24)12-22(21)26(27)29-13-28-25-19-6-14-5-15(8-19)9-20(25)7-14;3*1-4-10-6-11(5-2)16-13-7-12(15(10)16)8-14(13)17(18)20-9-19-3;1-3-8-7-11(9(4-2)14-8)5-6-13-10(11)12;3*1-3-7-6-5-12-10(11)9(6)8(4-2)13-7/h14-25H,3-13H2,1-2H3;3*10-16H,4-9H2,1-3H3;8-9H,3-7H2,1-2H3;3*6-9H,3-5H2,1-2H3. The van der Waals surface area contributed by atoms with Crippen LogP contribution in [-0.2, 0) is 114 Å². The Balaban J connectivity index is 0.000000119. The Morgan fingerprint density at radius 1 is 0.289 bits per heavy atom. The summed E-state index contributed by atoms with van der Waals surface area (Å²) in [5, 5.41) is 0. The maximum Gasteiger partial charge on any atom is 0.314 e. The fraction of sp³-hybridized carbons (Fsp3) is 0.932. The fourth-order valence-corrected chi connectivity index (χ4v) is 37.9. The van der Waals surface area contributed by atoms with Gasteiger partial charge in [0.05, 0.1) is 128 Å². The number of fused-ring (bicyclic) bond motifs is 23. The number of esters is 8. The van der Waals surface area contributed by atoms with Gasteiger partial charge in [0.25, 0.3) is 0 Å². The van der Waals surface area contributed by atoms with Crippen LogP contribution in [0.1, 0.15) is 336 Å². The van der Waals surface area contributed by atoms with E-state index in [0.717, 1.165) is 232 Å². The van der Waals surface area contributed by atoms with Gasteiger partial charge in [-0.15, -0.1) is 0 Å². The predicted molar refractivity (Wildman–Crippen MR) is 536 cm³/mol. The summed E-state index contributed by atoms with van der Waals surface area (Å²) in [6.45, 7) is 38.2. The molecule has 24 heteroatoms. The first-order valence-corrected chi connectivity index (χ1v) is 58.9. The van der Waals surface area contributed by atoms with Crippen molar-refractivity contribution in [2.24, 2.45) is 230 Å². The van der Waals surface area contributed by atoms with Crippen molar-refractivity contribution in [3.8, 4) is 0 Å². The predicted octanol–water partition coefficient (Wildman–Crippen LogP) is 22.1. The molecule has 0 aromatic carbocycles. The molecule has 0 amide bonds. The molecule has 8 heterocycles. The van der Waals surface area contributed by atoms with Crippen LogP contribution in [0.25, 0.3) is 0 Å². The molecule has 0 aromatic rings. The first-order chi connectivity index (χ1) is 68.8. The van der Waals surface area contributed by atoms with Gasteiger partial charge in [0.1, 0.15) is 0 Å². The quantitative estimate of drug-likeness (QED) is 0.0382. The first kappa shape index (κ1) is 110. The van der Waals surface area contributed by atoms with E-state index in [1.54, 1.807) is 21.3 Å². The monoisotopic (exact) mass is 1990 g/mol. The van der Waals surface area contributed by atoms with E-state index in [0.29, 0.717) is 74.0 Å². The lowest BCUT2D eigenvalue weighted by Crippen LogP contribution is -2.49. The summed E-state index contributed by atoms with van der Waals surface area (Å²) in [5.41, 5.74) is -0.296. The van der Waals surface area contributed by atoms with E-state index in [9.17, 15) is 38.4 Å². The molecule has 8 saturated heterocycles. The zero-order valence-electron chi connectivity index (χ0n) is 90.8. The van der Waals surface area contributed by atoms with E-state index in [2.05, 4.69) is 111 Å². The van der Waals surface area contributed by atoms with Gasteiger partial charge in [-0.2, -0.15) is 0 Å². The molecule has 43 unspecified atom stereocenters. The van der Waals surface area contributed by atoms with E-state index in [1.165, 1.54) is 135 Å². The van der Waals surface area contributed by atoms with Crippen molar-refractivity contribution < 1.29 is 114 Å². The van der Waals surface area contributed by atoms with Crippen LogP contribution in [0.4, 0.5) is 0 Å². The Morgan fingerprint density at radius 3 is 0.831 bits per heavy atom. The molecule has 24 rings (SSSR count). The van der Waals surface area contributed by atoms with Crippen molar-refractivity contribution in [2.75, 3.05) is 74.9 Å². The number of ether oxygens (including phenoxy) is 16. The summed E-state index contributed by atoms with van der Waals surface area (Å²) < 4.78 is 85.9. The van der Waals surface area contributed by atoms with Gasteiger partial charge in [-0.05, 0) is 333 Å². The molecule has 0 N–H and O–H groups in total. The molecule has 16 aliphatic carbocycles. The molecular formula is C118H190O24. The highest BCUT2D eigenvalue weighted by Gasteiger charge is 2.67. The Hall–Kier alpha value is -4.56. The molecule has 0 aromatic heterocycles. The Kier molecular flexibility index (Phi) is 38.2. The summed E-state index contributed by atoms with van der Waals surface area (Å²) in [6.07, 6.45) is 43.3. The van der Waals surface area contributed by atoms with Gasteiger partial charge in [0, 0.05) is 45.5 Å². The van der Waals surface area contributed by atoms with E-state index >= 15 is 0 Å². The number of hydrogen-bond donors (Lipinski definition) is 0. The van der Waals surface area contributed by atoms with Crippen LogP contribution in [0.5, 0.6) is 0 Å². The summed E-state index contributed by atoms with van der Waals surface area (Å²) >= 11 is 0. The molecule has 24 nitrogen and oxygen atoms in total. The van der Waals surface area contributed by atoms with Crippen molar-refractivity contribution in [1.82, 2.24) is 0 Å². The normalized spacial score (nSPS) is 46.4. The van der Waals surface area contributed by atoms with Crippen molar-refractivity contribution in [1.29, 1.82) is 0 Å². The molecule has 806 valence electrons. The highest BCUT2D eigenvalue weighted by Crippen LogP contribution is 2.71. The SMILES string of the molecule is CCC1CC(CC)C2C3CC(CC3C(=O)OCOC)C12.CCC1CC(CC)C2C3CC(CC3C(=O)OCOC)C12.CCC1CC(CC)C2C3CC(CC3C(=O)OCOC)C12.CCC1CC(CC)C2C3CC(CC3C(=O)OCOC3C4CC5CC(C4)CC3C5)C12.CCC1CC2(CCOC2=O)C(CC)O1.CCC1OC(CC)C2C(=O)OCC12.CCC1OC(CC)C2C(=O)OCC12.CCC1OC(CC)C2C(=O)OCC12. The zero-order valence-corrected chi connectivity index (χ0v) is 90.8. The fourth-order valence-electron chi connectivity index (χ4n) is 37.9. The van der Waals surface area contributed by atoms with Crippen LogP contribution in [0.3, 0.4) is 0 Å². The topological polar surface area (TPSA) is 284 Å². The van der Waals surface area contributed by atoms with Crippen LogP contribution in [-0.4, -0.2) is 178 Å². The van der Waals surface area contributed by atoms with Gasteiger partial charge < -0.3 is 75.8 Å². The Labute approximate surface area is 852 Å². The Bertz CT molecular complexity index is 3810. The summed E-state index contributed by atoms with van der Waals surface area (Å²) in [5.74, 6) is 24.3. The molecule has 1 spiro atoms. The molecule has 16 saturated carbocycles. The van der Waals surface area contributed by atoms with Crippen LogP contribution in [0, 0.1) is 230 Å². The third kappa shape index (κ3) is 21.6. The van der Waals surface area contributed by atoms with E-state index in [4.69, 9.17) is 75.8 Å². The third-order valence-corrected chi connectivity index (χ3v) is 43.4. The second kappa shape index (κ2) is 49.2. The average molecular weight is 1990 g/mol. The number of hydrogen-bond acceptors (Lipinski definition) is 24. The number of carbonyl (C=O) groups excluding carboxylic acids is 8. The highest BCUT2D eigenvalue weighted by atomic mass is 16.7. The zero-order chi connectivity index (χ0) is 101. The number of rotatable bonds is 29. The molecule has 8 aliphatic heterocycles. The number of carbonyl (C=O) groups is 8. The second-order valence-corrected chi connectivity index (χ2v) is 49.0.